The van der Waals surface area contributed by atoms with Crippen LogP contribution in [0.15, 0.2) is 36.4 Å². The average molecular weight is 330 g/mol. The largest absolute Gasteiger partial charge is 0.454 e. The van der Waals surface area contributed by atoms with Crippen molar-refractivity contribution in [2.24, 2.45) is 0 Å². The van der Waals surface area contributed by atoms with Gasteiger partial charge in [-0.1, -0.05) is 0 Å². The van der Waals surface area contributed by atoms with E-state index >= 15 is 0 Å². The number of fused-ring (bicyclic) bond motifs is 1. The number of carbonyl (C=O) groups is 1. The summed E-state index contributed by atoms with van der Waals surface area (Å²) in [5, 5.41) is 11.2. The molecule has 3 rings (SSSR count). The Hall–Kier alpha value is -3.29. The van der Waals surface area contributed by atoms with Crippen molar-refractivity contribution in [1.29, 1.82) is 0 Å². The molecule has 0 unspecified atom stereocenters. The van der Waals surface area contributed by atoms with Gasteiger partial charge in [0.1, 0.15) is 11.4 Å². The van der Waals surface area contributed by atoms with E-state index in [0.717, 1.165) is 0 Å². The van der Waals surface area contributed by atoms with Crippen LogP contribution in [0.5, 0.6) is 17.2 Å². The third kappa shape index (κ3) is 2.94. The van der Waals surface area contributed by atoms with Gasteiger partial charge in [-0.3, -0.25) is 10.1 Å². The van der Waals surface area contributed by atoms with E-state index in [0.29, 0.717) is 17.2 Å². The first-order valence-electron chi connectivity index (χ1n) is 7.03. The smallest absolute Gasteiger partial charge is 0.343 e. The number of nitro groups is 1. The maximum atomic E-state index is 12.2. The molecule has 1 heterocycles. The van der Waals surface area contributed by atoms with Crippen molar-refractivity contribution in [1.82, 2.24) is 0 Å². The number of benzene rings is 2. The Labute approximate surface area is 137 Å². The van der Waals surface area contributed by atoms with Crippen LogP contribution in [0, 0.1) is 10.1 Å². The van der Waals surface area contributed by atoms with E-state index in [1.54, 1.807) is 31.1 Å². The van der Waals surface area contributed by atoms with Gasteiger partial charge >= 0.3 is 5.97 Å². The quantitative estimate of drug-likeness (QED) is 0.368. The van der Waals surface area contributed by atoms with E-state index in [4.69, 9.17) is 14.2 Å². The summed E-state index contributed by atoms with van der Waals surface area (Å²) in [4.78, 5) is 24.5. The fourth-order valence-corrected chi connectivity index (χ4v) is 2.28. The fraction of sp³-hybridized carbons (Fsp3) is 0.188. The molecule has 8 nitrogen and oxygen atoms in total. The average Bonchev–Trinajstić information content (AvgIpc) is 3.01. The molecule has 1 aliphatic heterocycles. The summed E-state index contributed by atoms with van der Waals surface area (Å²) < 4.78 is 15.6. The highest BCUT2D eigenvalue weighted by molar-refractivity contribution is 5.93. The molecule has 0 saturated heterocycles. The number of hydrogen-bond acceptors (Lipinski definition) is 7. The zero-order valence-corrected chi connectivity index (χ0v) is 13.0. The van der Waals surface area contributed by atoms with Crippen molar-refractivity contribution >= 4 is 17.3 Å². The van der Waals surface area contributed by atoms with Crippen LogP contribution in [0.1, 0.15) is 10.4 Å². The van der Waals surface area contributed by atoms with Gasteiger partial charge < -0.3 is 19.1 Å². The molecule has 2 aromatic carbocycles. The SMILES string of the molecule is CN(C)c1ccc(C(=O)Oc2ccc3c(c2)OCO3)cc1[N+](=O)[O-]. The highest BCUT2D eigenvalue weighted by Gasteiger charge is 2.21. The number of hydrogen-bond donors (Lipinski definition) is 0. The fourth-order valence-electron chi connectivity index (χ4n) is 2.28. The zero-order valence-electron chi connectivity index (χ0n) is 13.0. The molecule has 0 N–H and O–H groups in total. The van der Waals surface area contributed by atoms with Crippen LogP contribution in [-0.2, 0) is 0 Å². The second-order valence-corrected chi connectivity index (χ2v) is 5.26. The molecule has 2 aromatic rings. The van der Waals surface area contributed by atoms with Crippen LogP contribution in [0.2, 0.25) is 0 Å². The molecular weight excluding hydrogens is 316 g/mol. The number of anilines is 1. The molecule has 0 saturated carbocycles. The monoisotopic (exact) mass is 330 g/mol. The lowest BCUT2D eigenvalue weighted by Gasteiger charge is -2.13. The minimum Gasteiger partial charge on any atom is -0.454 e. The molecule has 8 heteroatoms. The van der Waals surface area contributed by atoms with Gasteiger partial charge in [0.15, 0.2) is 11.5 Å². The van der Waals surface area contributed by atoms with Gasteiger partial charge in [-0.25, -0.2) is 4.79 Å². The van der Waals surface area contributed by atoms with Crippen LogP contribution in [0.3, 0.4) is 0 Å². The van der Waals surface area contributed by atoms with Crippen LogP contribution in [-0.4, -0.2) is 31.8 Å². The van der Waals surface area contributed by atoms with Crippen LogP contribution in [0.25, 0.3) is 0 Å². The van der Waals surface area contributed by atoms with E-state index in [9.17, 15) is 14.9 Å². The molecule has 24 heavy (non-hydrogen) atoms. The summed E-state index contributed by atoms with van der Waals surface area (Å²) in [5.41, 5.74) is 0.324. The van der Waals surface area contributed by atoms with Crippen molar-refractivity contribution in [2.75, 3.05) is 25.8 Å². The van der Waals surface area contributed by atoms with Gasteiger partial charge in [0, 0.05) is 26.2 Å². The predicted molar refractivity (Wildman–Crippen MR) is 84.9 cm³/mol. The Bertz CT molecular complexity index is 818. The van der Waals surface area contributed by atoms with Gasteiger partial charge in [0.25, 0.3) is 5.69 Å². The number of ether oxygens (including phenoxy) is 3. The van der Waals surface area contributed by atoms with Crippen LogP contribution >= 0.6 is 0 Å². The van der Waals surface area contributed by atoms with Crippen LogP contribution in [0.4, 0.5) is 11.4 Å². The lowest BCUT2D eigenvalue weighted by molar-refractivity contribution is -0.384. The number of esters is 1. The Morgan fingerprint density at radius 1 is 1.17 bits per heavy atom. The van der Waals surface area contributed by atoms with Crippen molar-refractivity contribution in [2.45, 2.75) is 0 Å². The van der Waals surface area contributed by atoms with E-state index in [2.05, 4.69) is 0 Å². The number of carbonyl (C=O) groups excluding carboxylic acids is 1. The molecule has 0 fully saturated rings. The second kappa shape index (κ2) is 6.07. The highest BCUT2D eigenvalue weighted by Crippen LogP contribution is 2.35. The molecule has 1 aliphatic rings. The lowest BCUT2D eigenvalue weighted by Crippen LogP contribution is -2.13. The summed E-state index contributed by atoms with van der Waals surface area (Å²) in [6.07, 6.45) is 0. The predicted octanol–water partition coefficient (Wildman–Crippen LogP) is 2.61. The van der Waals surface area contributed by atoms with Gasteiger partial charge in [-0.05, 0) is 24.3 Å². The van der Waals surface area contributed by atoms with Gasteiger partial charge in [0.2, 0.25) is 6.79 Å². The molecule has 0 amide bonds. The number of nitrogens with zero attached hydrogens (tertiary/aromatic N) is 2. The summed E-state index contributed by atoms with van der Waals surface area (Å²) in [5.74, 6) is 0.626. The Kier molecular flexibility index (Phi) is 3.95. The standard InChI is InChI=1S/C16H14N2O6/c1-17(2)12-5-3-10(7-13(12)18(20)21)16(19)24-11-4-6-14-15(8-11)23-9-22-14/h3-8H,9H2,1-2H3. The summed E-state index contributed by atoms with van der Waals surface area (Å²) in [7, 11) is 3.37. The van der Waals surface area contributed by atoms with E-state index in [1.807, 2.05) is 0 Å². The minimum absolute atomic E-state index is 0.0879. The Balaban J connectivity index is 1.85. The van der Waals surface area contributed by atoms with Crippen molar-refractivity contribution < 1.29 is 23.9 Å². The van der Waals surface area contributed by atoms with E-state index in [1.165, 1.54) is 24.3 Å². The normalized spacial score (nSPS) is 11.9. The third-order valence-electron chi connectivity index (χ3n) is 3.44. The molecule has 0 radical (unpaired) electrons. The summed E-state index contributed by atoms with van der Waals surface area (Å²) in [6, 6.07) is 8.91. The van der Waals surface area contributed by atoms with Gasteiger partial charge in [-0.2, -0.15) is 0 Å². The van der Waals surface area contributed by atoms with Crippen LogP contribution < -0.4 is 19.1 Å². The topological polar surface area (TPSA) is 91.1 Å². The van der Waals surface area contributed by atoms with Gasteiger partial charge in [0.05, 0.1) is 10.5 Å². The molecule has 0 aromatic heterocycles. The Morgan fingerprint density at radius 2 is 1.92 bits per heavy atom. The van der Waals surface area contributed by atoms with Crippen molar-refractivity contribution in [3.8, 4) is 17.2 Å². The van der Waals surface area contributed by atoms with E-state index in [-0.39, 0.29) is 23.8 Å². The number of nitro benzene ring substituents is 1. The molecule has 0 atom stereocenters. The van der Waals surface area contributed by atoms with Gasteiger partial charge in [-0.15, -0.1) is 0 Å². The zero-order chi connectivity index (χ0) is 17.3. The number of rotatable bonds is 4. The Morgan fingerprint density at radius 3 is 2.62 bits per heavy atom. The van der Waals surface area contributed by atoms with E-state index < -0.39 is 10.9 Å². The molecule has 0 spiro atoms. The highest BCUT2D eigenvalue weighted by atomic mass is 16.7. The van der Waals surface area contributed by atoms with Crippen molar-refractivity contribution in [3.05, 3.63) is 52.1 Å². The molecule has 124 valence electrons. The molecule has 0 aliphatic carbocycles. The summed E-state index contributed by atoms with van der Waals surface area (Å²) >= 11 is 0. The second-order valence-electron chi connectivity index (χ2n) is 5.26. The first-order chi connectivity index (χ1) is 11.5. The first-order valence-corrected chi connectivity index (χ1v) is 7.03. The molecular formula is C16H14N2O6. The third-order valence-corrected chi connectivity index (χ3v) is 3.44. The first kappa shape index (κ1) is 15.6. The lowest BCUT2D eigenvalue weighted by atomic mass is 10.1. The van der Waals surface area contributed by atoms with Crippen molar-refractivity contribution in [3.63, 3.8) is 0 Å². The molecule has 0 bridgehead atoms. The summed E-state index contributed by atoms with van der Waals surface area (Å²) in [6.45, 7) is 0.116. The maximum Gasteiger partial charge on any atom is 0.343 e. The maximum absolute atomic E-state index is 12.2. The minimum atomic E-state index is -0.692.